The number of nitrogens with two attached hydrogens (primary N) is 1. The van der Waals surface area contributed by atoms with Crippen LogP contribution in [0.15, 0.2) is 6.20 Å². The molecule has 2 saturated carbocycles. The van der Waals surface area contributed by atoms with E-state index in [1.54, 1.807) is 0 Å². The van der Waals surface area contributed by atoms with Gasteiger partial charge in [-0.1, -0.05) is 0 Å². The highest BCUT2D eigenvalue weighted by atomic mass is 15.3. The zero-order chi connectivity index (χ0) is 9.92. The fourth-order valence-electron chi connectivity index (χ4n) is 3.28. The van der Waals surface area contributed by atoms with Gasteiger partial charge in [-0.05, 0) is 43.6 Å². The van der Waals surface area contributed by atoms with Gasteiger partial charge in [-0.25, -0.2) is 0 Å². The Morgan fingerprint density at radius 2 is 2.14 bits per heavy atom. The van der Waals surface area contributed by atoms with E-state index in [0.717, 1.165) is 24.7 Å². The molecule has 0 spiro atoms. The van der Waals surface area contributed by atoms with E-state index < -0.39 is 0 Å². The van der Waals surface area contributed by atoms with Gasteiger partial charge in [-0.3, -0.25) is 4.68 Å². The molecule has 3 rings (SSSR count). The van der Waals surface area contributed by atoms with Crippen LogP contribution in [-0.2, 0) is 12.6 Å². The van der Waals surface area contributed by atoms with Crippen molar-refractivity contribution in [1.82, 2.24) is 9.78 Å². The van der Waals surface area contributed by atoms with E-state index in [9.17, 15) is 0 Å². The van der Waals surface area contributed by atoms with E-state index >= 15 is 0 Å². The van der Waals surface area contributed by atoms with Crippen molar-refractivity contribution in [1.29, 1.82) is 0 Å². The van der Waals surface area contributed by atoms with Crippen molar-refractivity contribution >= 4 is 0 Å². The third-order valence-electron chi connectivity index (χ3n) is 3.92. The zero-order valence-electron chi connectivity index (χ0n) is 8.83. The highest BCUT2D eigenvalue weighted by Gasteiger charge is 2.54. The van der Waals surface area contributed by atoms with Crippen molar-refractivity contribution in [3.05, 3.63) is 17.5 Å². The number of aromatic nitrogens is 2. The normalized spacial score (nSPS) is 39.9. The Bertz CT molecular complexity index is 350. The summed E-state index contributed by atoms with van der Waals surface area (Å²) in [6, 6.07) is 0. The fraction of sp³-hybridized carbons (Fsp3) is 0.727. The Morgan fingerprint density at radius 3 is 2.64 bits per heavy atom. The topological polar surface area (TPSA) is 43.8 Å². The molecular formula is C11H17N3. The summed E-state index contributed by atoms with van der Waals surface area (Å²) in [7, 11) is 2.00. The molecule has 1 heterocycles. The average Bonchev–Trinajstić information content (AvgIpc) is 2.54. The smallest absolute Gasteiger partial charge is 0.0608 e. The Morgan fingerprint density at radius 1 is 1.50 bits per heavy atom. The van der Waals surface area contributed by atoms with E-state index in [1.165, 1.54) is 17.7 Å². The van der Waals surface area contributed by atoms with Crippen LogP contribution < -0.4 is 5.73 Å². The minimum Gasteiger partial charge on any atom is -0.320 e. The molecule has 0 radical (unpaired) electrons. The van der Waals surface area contributed by atoms with Crippen LogP contribution in [0.1, 0.15) is 30.5 Å². The SMILES string of the molecule is Cc1cnn(C)c1C1(N)CC2CC2C1. The minimum absolute atomic E-state index is 0.0804. The van der Waals surface area contributed by atoms with Crippen LogP contribution in [-0.4, -0.2) is 9.78 Å². The van der Waals surface area contributed by atoms with Crippen LogP contribution in [0, 0.1) is 18.8 Å². The molecule has 2 atom stereocenters. The lowest BCUT2D eigenvalue weighted by molar-refractivity contribution is 0.379. The van der Waals surface area contributed by atoms with Crippen molar-refractivity contribution in [3.63, 3.8) is 0 Å². The Labute approximate surface area is 84.3 Å². The Hall–Kier alpha value is -0.830. The molecule has 2 aliphatic carbocycles. The molecule has 0 aromatic carbocycles. The van der Waals surface area contributed by atoms with E-state index in [-0.39, 0.29) is 5.54 Å². The summed E-state index contributed by atoms with van der Waals surface area (Å²) in [6.45, 7) is 2.11. The van der Waals surface area contributed by atoms with Gasteiger partial charge in [-0.2, -0.15) is 5.10 Å². The molecule has 3 heteroatoms. The minimum atomic E-state index is -0.0804. The highest BCUT2D eigenvalue weighted by molar-refractivity contribution is 5.28. The molecule has 2 unspecified atom stereocenters. The molecule has 3 nitrogen and oxygen atoms in total. The molecule has 1 aromatic rings. The van der Waals surface area contributed by atoms with E-state index in [0.29, 0.717) is 0 Å². The second-order valence-electron chi connectivity index (χ2n) is 5.12. The number of fused-ring (bicyclic) bond motifs is 1. The molecule has 0 amide bonds. The molecule has 14 heavy (non-hydrogen) atoms. The Kier molecular flexibility index (Phi) is 1.45. The van der Waals surface area contributed by atoms with E-state index in [2.05, 4.69) is 12.0 Å². The van der Waals surface area contributed by atoms with Crippen LogP contribution in [0.2, 0.25) is 0 Å². The van der Waals surface area contributed by atoms with Gasteiger partial charge in [0.2, 0.25) is 0 Å². The molecule has 76 valence electrons. The summed E-state index contributed by atoms with van der Waals surface area (Å²) in [5, 5.41) is 4.28. The van der Waals surface area contributed by atoms with Crippen molar-refractivity contribution in [3.8, 4) is 0 Å². The van der Waals surface area contributed by atoms with E-state index in [4.69, 9.17) is 5.73 Å². The lowest BCUT2D eigenvalue weighted by atomic mass is 9.88. The first-order valence-corrected chi connectivity index (χ1v) is 5.38. The van der Waals surface area contributed by atoms with Gasteiger partial charge < -0.3 is 5.73 Å². The maximum Gasteiger partial charge on any atom is 0.0608 e. The number of hydrogen-bond acceptors (Lipinski definition) is 2. The molecular weight excluding hydrogens is 174 g/mol. The molecule has 2 N–H and O–H groups in total. The van der Waals surface area contributed by atoms with Crippen LogP contribution in [0.5, 0.6) is 0 Å². The molecule has 0 aliphatic heterocycles. The van der Waals surface area contributed by atoms with Gasteiger partial charge in [0.25, 0.3) is 0 Å². The summed E-state index contributed by atoms with van der Waals surface area (Å²) in [6.07, 6.45) is 5.67. The summed E-state index contributed by atoms with van der Waals surface area (Å²) < 4.78 is 1.96. The molecule has 2 aliphatic rings. The van der Waals surface area contributed by atoms with Gasteiger partial charge in [0.05, 0.1) is 17.4 Å². The second-order valence-corrected chi connectivity index (χ2v) is 5.12. The Balaban J connectivity index is 2.01. The third kappa shape index (κ3) is 0.989. The number of rotatable bonds is 1. The second kappa shape index (κ2) is 2.40. The first-order valence-electron chi connectivity index (χ1n) is 5.38. The first kappa shape index (κ1) is 8.48. The van der Waals surface area contributed by atoms with Crippen molar-refractivity contribution < 1.29 is 0 Å². The molecule has 2 fully saturated rings. The maximum atomic E-state index is 6.49. The van der Waals surface area contributed by atoms with Crippen LogP contribution >= 0.6 is 0 Å². The first-order chi connectivity index (χ1) is 6.60. The lowest BCUT2D eigenvalue weighted by Gasteiger charge is -2.27. The van der Waals surface area contributed by atoms with Crippen molar-refractivity contribution in [2.24, 2.45) is 24.6 Å². The number of nitrogens with zero attached hydrogens (tertiary/aromatic N) is 2. The van der Waals surface area contributed by atoms with Gasteiger partial charge in [0.15, 0.2) is 0 Å². The number of aryl methyl sites for hydroxylation is 2. The number of hydrogen-bond donors (Lipinski definition) is 1. The highest BCUT2D eigenvalue weighted by Crippen LogP contribution is 2.58. The van der Waals surface area contributed by atoms with Crippen LogP contribution in [0.25, 0.3) is 0 Å². The van der Waals surface area contributed by atoms with Crippen LogP contribution in [0.3, 0.4) is 0 Å². The van der Waals surface area contributed by atoms with Gasteiger partial charge >= 0.3 is 0 Å². The summed E-state index contributed by atoms with van der Waals surface area (Å²) in [5.41, 5.74) is 8.91. The third-order valence-corrected chi connectivity index (χ3v) is 3.92. The van der Waals surface area contributed by atoms with Crippen molar-refractivity contribution in [2.45, 2.75) is 31.7 Å². The van der Waals surface area contributed by atoms with Crippen LogP contribution in [0.4, 0.5) is 0 Å². The fourth-order valence-corrected chi connectivity index (χ4v) is 3.28. The summed E-state index contributed by atoms with van der Waals surface area (Å²) >= 11 is 0. The standard InChI is InChI=1S/C11H17N3/c1-7-6-13-14(2)10(7)11(12)4-8-3-9(8)5-11/h6,8-9H,3-5,12H2,1-2H3. The monoisotopic (exact) mass is 191 g/mol. The quantitative estimate of drug-likeness (QED) is 0.727. The molecule has 0 saturated heterocycles. The predicted molar refractivity (Wildman–Crippen MR) is 54.6 cm³/mol. The lowest BCUT2D eigenvalue weighted by Crippen LogP contribution is -2.37. The summed E-state index contributed by atoms with van der Waals surface area (Å²) in [4.78, 5) is 0. The maximum absolute atomic E-state index is 6.49. The van der Waals surface area contributed by atoms with Gasteiger partial charge in [0, 0.05) is 7.05 Å². The zero-order valence-corrected chi connectivity index (χ0v) is 8.83. The summed E-state index contributed by atoms with van der Waals surface area (Å²) in [5.74, 6) is 1.82. The molecule has 1 aromatic heterocycles. The van der Waals surface area contributed by atoms with E-state index in [1.807, 2.05) is 17.9 Å². The average molecular weight is 191 g/mol. The van der Waals surface area contributed by atoms with Crippen molar-refractivity contribution in [2.75, 3.05) is 0 Å². The largest absolute Gasteiger partial charge is 0.320 e. The van der Waals surface area contributed by atoms with Gasteiger partial charge in [0.1, 0.15) is 0 Å². The molecule has 0 bridgehead atoms. The predicted octanol–water partition coefficient (Wildman–Crippen LogP) is 1.31. The van der Waals surface area contributed by atoms with Gasteiger partial charge in [-0.15, -0.1) is 0 Å².